The van der Waals surface area contributed by atoms with Gasteiger partial charge in [-0.3, -0.25) is 9.69 Å². The van der Waals surface area contributed by atoms with Gasteiger partial charge >= 0.3 is 0 Å². The van der Waals surface area contributed by atoms with Crippen LogP contribution in [-0.2, 0) is 16.1 Å². The fourth-order valence-electron chi connectivity index (χ4n) is 3.71. The van der Waals surface area contributed by atoms with E-state index in [0.717, 1.165) is 63.6 Å². The van der Waals surface area contributed by atoms with Crippen molar-refractivity contribution >= 4 is 5.91 Å². The van der Waals surface area contributed by atoms with Gasteiger partial charge in [0.05, 0.1) is 13.1 Å². The van der Waals surface area contributed by atoms with Gasteiger partial charge in [-0.25, -0.2) is 9.67 Å². The molecule has 0 saturated carbocycles. The number of hydrogen-bond acceptors (Lipinski definition) is 5. The normalized spacial score (nSPS) is 23.3. The first-order valence-electron chi connectivity index (χ1n) is 9.11. The quantitative estimate of drug-likeness (QED) is 0.871. The van der Waals surface area contributed by atoms with Crippen molar-refractivity contribution < 1.29 is 9.53 Å². The van der Waals surface area contributed by atoms with Crippen molar-refractivity contribution in [1.29, 1.82) is 0 Å². The van der Waals surface area contributed by atoms with Crippen LogP contribution in [0.4, 0.5) is 0 Å². The third-order valence-electron chi connectivity index (χ3n) is 5.03. The van der Waals surface area contributed by atoms with E-state index >= 15 is 0 Å². The second-order valence-corrected chi connectivity index (χ2v) is 6.96. The van der Waals surface area contributed by atoms with Crippen LogP contribution in [-0.4, -0.2) is 64.0 Å². The SMILES string of the molecule is Cc1nc(C)n(CC2CCCCN2CC(=O)NC2CCOCC2)n1. The Balaban J connectivity index is 1.55. The highest BCUT2D eigenvalue weighted by atomic mass is 16.5. The average Bonchev–Trinajstić information content (AvgIpc) is 2.87. The first-order chi connectivity index (χ1) is 11.6. The largest absolute Gasteiger partial charge is 0.381 e. The standard InChI is InChI=1S/C17H29N5O2/c1-13-18-14(2)22(20-13)11-16-5-3-4-8-21(16)12-17(23)19-15-6-9-24-10-7-15/h15-16H,3-12H2,1-2H3,(H,19,23). The summed E-state index contributed by atoms with van der Waals surface area (Å²) in [5.74, 6) is 1.90. The van der Waals surface area contributed by atoms with E-state index in [4.69, 9.17) is 4.74 Å². The number of carbonyl (C=O) groups excluding carboxylic acids is 1. The minimum absolute atomic E-state index is 0.139. The minimum Gasteiger partial charge on any atom is -0.381 e. The lowest BCUT2D eigenvalue weighted by molar-refractivity contribution is -0.124. The molecular weight excluding hydrogens is 306 g/mol. The first-order valence-corrected chi connectivity index (χ1v) is 9.11. The highest BCUT2D eigenvalue weighted by Gasteiger charge is 2.26. The van der Waals surface area contributed by atoms with Crippen molar-refractivity contribution in [3.8, 4) is 0 Å². The van der Waals surface area contributed by atoms with Crippen LogP contribution in [0.5, 0.6) is 0 Å². The van der Waals surface area contributed by atoms with E-state index in [1.165, 1.54) is 6.42 Å². The van der Waals surface area contributed by atoms with Gasteiger partial charge < -0.3 is 10.1 Å². The molecule has 1 unspecified atom stereocenters. The third kappa shape index (κ3) is 4.54. The molecule has 1 N–H and O–H groups in total. The maximum atomic E-state index is 12.4. The Hall–Kier alpha value is -1.47. The zero-order chi connectivity index (χ0) is 16.9. The Morgan fingerprint density at radius 2 is 2.04 bits per heavy atom. The molecule has 7 nitrogen and oxygen atoms in total. The summed E-state index contributed by atoms with van der Waals surface area (Å²) >= 11 is 0. The number of aryl methyl sites for hydroxylation is 2. The smallest absolute Gasteiger partial charge is 0.234 e. The molecule has 1 amide bonds. The van der Waals surface area contributed by atoms with Crippen molar-refractivity contribution in [1.82, 2.24) is 25.0 Å². The van der Waals surface area contributed by atoms with Gasteiger partial charge in [0.15, 0.2) is 0 Å². The van der Waals surface area contributed by atoms with Crippen LogP contribution in [0.3, 0.4) is 0 Å². The Labute approximate surface area is 143 Å². The van der Waals surface area contributed by atoms with Crippen LogP contribution in [0.15, 0.2) is 0 Å². The molecule has 0 aromatic carbocycles. The molecule has 2 aliphatic heterocycles. The number of ether oxygens (including phenoxy) is 1. The lowest BCUT2D eigenvalue weighted by Gasteiger charge is -2.35. The molecule has 134 valence electrons. The molecule has 1 aromatic heterocycles. The van der Waals surface area contributed by atoms with Crippen LogP contribution in [0, 0.1) is 13.8 Å². The molecular formula is C17H29N5O2. The van der Waals surface area contributed by atoms with E-state index < -0.39 is 0 Å². The highest BCUT2D eigenvalue weighted by Crippen LogP contribution is 2.19. The number of rotatable bonds is 5. The number of likely N-dealkylation sites (tertiary alicyclic amines) is 1. The number of nitrogens with zero attached hydrogens (tertiary/aromatic N) is 4. The Kier molecular flexibility index (Phi) is 5.84. The van der Waals surface area contributed by atoms with E-state index in [0.29, 0.717) is 12.6 Å². The summed E-state index contributed by atoms with van der Waals surface area (Å²) in [7, 11) is 0. The molecule has 2 saturated heterocycles. The molecule has 0 radical (unpaired) electrons. The Morgan fingerprint density at radius 3 is 2.75 bits per heavy atom. The van der Waals surface area contributed by atoms with Crippen molar-refractivity contribution in [2.75, 3.05) is 26.3 Å². The van der Waals surface area contributed by atoms with Gasteiger partial charge in [0, 0.05) is 25.3 Å². The van der Waals surface area contributed by atoms with Gasteiger partial charge in [-0.15, -0.1) is 0 Å². The molecule has 2 fully saturated rings. The zero-order valence-corrected chi connectivity index (χ0v) is 14.8. The topological polar surface area (TPSA) is 72.3 Å². The lowest BCUT2D eigenvalue weighted by Crippen LogP contribution is -2.49. The molecule has 3 heterocycles. The van der Waals surface area contributed by atoms with E-state index in [1.54, 1.807) is 0 Å². The average molecular weight is 335 g/mol. The second-order valence-electron chi connectivity index (χ2n) is 6.96. The third-order valence-corrected chi connectivity index (χ3v) is 5.03. The van der Waals surface area contributed by atoms with Gasteiger partial charge in [-0.2, -0.15) is 5.10 Å². The van der Waals surface area contributed by atoms with E-state index in [-0.39, 0.29) is 11.9 Å². The van der Waals surface area contributed by atoms with Crippen molar-refractivity contribution in [3.63, 3.8) is 0 Å². The summed E-state index contributed by atoms with van der Waals surface area (Å²) in [6, 6.07) is 0.633. The van der Waals surface area contributed by atoms with E-state index in [2.05, 4.69) is 20.3 Å². The van der Waals surface area contributed by atoms with Crippen LogP contribution in [0.25, 0.3) is 0 Å². The van der Waals surface area contributed by atoms with Crippen LogP contribution in [0.1, 0.15) is 43.8 Å². The molecule has 0 bridgehead atoms. The summed E-state index contributed by atoms with van der Waals surface area (Å²) in [4.78, 5) is 19.1. The maximum absolute atomic E-state index is 12.4. The highest BCUT2D eigenvalue weighted by molar-refractivity contribution is 5.78. The fourth-order valence-corrected chi connectivity index (χ4v) is 3.71. The first kappa shape index (κ1) is 17.4. The summed E-state index contributed by atoms with van der Waals surface area (Å²) in [6.07, 6.45) is 5.34. The van der Waals surface area contributed by atoms with Gasteiger partial charge in [0.1, 0.15) is 11.6 Å². The number of amides is 1. The van der Waals surface area contributed by atoms with Crippen molar-refractivity contribution in [2.45, 2.75) is 64.6 Å². The van der Waals surface area contributed by atoms with Crippen LogP contribution >= 0.6 is 0 Å². The predicted molar refractivity (Wildman–Crippen MR) is 90.7 cm³/mol. The Bertz CT molecular complexity index is 553. The molecule has 3 rings (SSSR count). The van der Waals surface area contributed by atoms with E-state index in [1.807, 2.05) is 18.5 Å². The van der Waals surface area contributed by atoms with Crippen molar-refractivity contribution in [3.05, 3.63) is 11.6 Å². The summed E-state index contributed by atoms with van der Waals surface area (Å²) < 4.78 is 7.33. The lowest BCUT2D eigenvalue weighted by atomic mass is 10.0. The molecule has 0 aliphatic carbocycles. The number of carbonyl (C=O) groups is 1. The number of hydrogen-bond donors (Lipinski definition) is 1. The molecule has 7 heteroatoms. The maximum Gasteiger partial charge on any atom is 0.234 e. The Morgan fingerprint density at radius 1 is 1.25 bits per heavy atom. The molecule has 1 aromatic rings. The predicted octanol–water partition coefficient (Wildman–Crippen LogP) is 1.04. The fraction of sp³-hybridized carbons (Fsp3) is 0.824. The summed E-state index contributed by atoms with van der Waals surface area (Å²) in [6.45, 7) is 7.70. The molecule has 1 atom stereocenters. The zero-order valence-electron chi connectivity index (χ0n) is 14.8. The molecule has 24 heavy (non-hydrogen) atoms. The minimum atomic E-state index is 0.139. The molecule has 2 aliphatic rings. The van der Waals surface area contributed by atoms with Crippen LogP contribution in [0.2, 0.25) is 0 Å². The summed E-state index contributed by atoms with van der Waals surface area (Å²) in [5, 5.41) is 7.65. The van der Waals surface area contributed by atoms with E-state index in [9.17, 15) is 4.79 Å². The summed E-state index contributed by atoms with van der Waals surface area (Å²) in [5.41, 5.74) is 0. The van der Waals surface area contributed by atoms with Gasteiger partial charge in [-0.1, -0.05) is 6.42 Å². The van der Waals surface area contributed by atoms with Gasteiger partial charge in [0.25, 0.3) is 0 Å². The number of aromatic nitrogens is 3. The number of piperidine rings is 1. The van der Waals surface area contributed by atoms with Gasteiger partial charge in [-0.05, 0) is 46.1 Å². The van der Waals surface area contributed by atoms with Crippen LogP contribution < -0.4 is 5.32 Å². The number of nitrogens with one attached hydrogen (secondary N) is 1. The van der Waals surface area contributed by atoms with Gasteiger partial charge in [0.2, 0.25) is 5.91 Å². The molecule has 0 spiro atoms. The monoisotopic (exact) mass is 335 g/mol. The van der Waals surface area contributed by atoms with Crippen molar-refractivity contribution in [2.24, 2.45) is 0 Å². The second kappa shape index (κ2) is 8.07.